The third-order valence-electron chi connectivity index (χ3n) is 4.63. The number of nitrogens with one attached hydrogen (secondary N) is 3. The number of benzene rings is 2. The number of aryl methyl sites for hydroxylation is 2. The van der Waals surface area contributed by atoms with E-state index in [0.29, 0.717) is 5.69 Å². The van der Waals surface area contributed by atoms with E-state index in [0.717, 1.165) is 28.0 Å². The van der Waals surface area contributed by atoms with E-state index in [-0.39, 0.29) is 23.3 Å². The molecule has 30 heavy (non-hydrogen) atoms. The number of aromatic nitrogens is 4. The highest BCUT2D eigenvalue weighted by Crippen LogP contribution is 2.22. The van der Waals surface area contributed by atoms with Gasteiger partial charge in [-0.05, 0) is 64.8 Å². The molecule has 0 fully saturated rings. The van der Waals surface area contributed by atoms with Crippen LogP contribution in [0, 0.1) is 6.92 Å². The van der Waals surface area contributed by atoms with Crippen LogP contribution in [0.1, 0.15) is 12.0 Å². The van der Waals surface area contributed by atoms with E-state index in [4.69, 9.17) is 0 Å². The molecule has 0 bridgehead atoms. The Hall–Kier alpha value is -3.46. The van der Waals surface area contributed by atoms with Crippen molar-refractivity contribution in [3.05, 3.63) is 79.5 Å². The minimum atomic E-state index is -0.554. The Labute approximate surface area is 179 Å². The number of nitrogens with zero attached hydrogens (tertiary/aromatic N) is 2. The van der Waals surface area contributed by atoms with Crippen LogP contribution in [0.3, 0.4) is 0 Å². The maximum Gasteiger partial charge on any atom is 0.328 e. The number of anilines is 1. The number of carbonyl (C=O) groups is 1. The van der Waals surface area contributed by atoms with Crippen LogP contribution in [0.15, 0.2) is 62.7 Å². The van der Waals surface area contributed by atoms with Crippen molar-refractivity contribution in [3.63, 3.8) is 0 Å². The summed E-state index contributed by atoms with van der Waals surface area (Å²) in [7, 11) is 0. The average molecular weight is 468 g/mol. The van der Waals surface area contributed by atoms with Gasteiger partial charge in [0.2, 0.25) is 5.91 Å². The molecule has 0 atom stereocenters. The fourth-order valence-corrected chi connectivity index (χ4v) is 3.41. The van der Waals surface area contributed by atoms with E-state index in [1.54, 1.807) is 12.1 Å². The van der Waals surface area contributed by atoms with Gasteiger partial charge in [0, 0.05) is 30.4 Å². The molecule has 0 saturated heterocycles. The summed E-state index contributed by atoms with van der Waals surface area (Å²) in [4.78, 5) is 45.4. The molecule has 2 aromatic heterocycles. The van der Waals surface area contributed by atoms with Crippen molar-refractivity contribution in [3.8, 4) is 11.4 Å². The molecule has 0 aliphatic heterocycles. The van der Waals surface area contributed by atoms with Crippen LogP contribution in [0.25, 0.3) is 22.4 Å². The van der Waals surface area contributed by atoms with Gasteiger partial charge in [-0.2, -0.15) is 0 Å². The number of hydrogen-bond acceptors (Lipinski definition) is 4. The van der Waals surface area contributed by atoms with Gasteiger partial charge >= 0.3 is 5.69 Å². The zero-order valence-electron chi connectivity index (χ0n) is 16.0. The molecule has 4 aromatic rings. The maximum absolute atomic E-state index is 12.2. The van der Waals surface area contributed by atoms with Gasteiger partial charge in [-0.25, -0.2) is 9.78 Å². The van der Waals surface area contributed by atoms with Gasteiger partial charge in [-0.3, -0.25) is 19.1 Å². The molecule has 0 aliphatic carbocycles. The molecule has 2 aromatic carbocycles. The SMILES string of the molecule is Cc1ccc2nc(-c3ccc(NC(=O)CCn4cc(Br)c(=O)[nH]c4=O)cc3)[nH]c2c1. The normalized spacial score (nSPS) is 11.0. The largest absolute Gasteiger partial charge is 0.338 e. The third-order valence-corrected chi connectivity index (χ3v) is 5.19. The van der Waals surface area contributed by atoms with Crippen molar-refractivity contribution in [2.75, 3.05) is 5.32 Å². The lowest BCUT2D eigenvalue weighted by molar-refractivity contribution is -0.116. The topological polar surface area (TPSA) is 113 Å². The molecule has 4 rings (SSSR count). The molecular weight excluding hydrogens is 450 g/mol. The van der Waals surface area contributed by atoms with E-state index in [1.165, 1.54) is 10.8 Å². The van der Waals surface area contributed by atoms with Gasteiger partial charge in [-0.15, -0.1) is 0 Å². The smallest absolute Gasteiger partial charge is 0.328 e. The van der Waals surface area contributed by atoms with E-state index in [1.807, 2.05) is 37.3 Å². The Bertz CT molecular complexity index is 1350. The molecule has 0 radical (unpaired) electrons. The number of aromatic amines is 2. The Morgan fingerprint density at radius 3 is 2.67 bits per heavy atom. The third kappa shape index (κ3) is 4.25. The summed E-state index contributed by atoms with van der Waals surface area (Å²) in [5.41, 5.74) is 3.54. The highest BCUT2D eigenvalue weighted by molar-refractivity contribution is 9.10. The van der Waals surface area contributed by atoms with Crippen LogP contribution in [0.5, 0.6) is 0 Å². The van der Waals surface area contributed by atoms with Gasteiger partial charge < -0.3 is 10.3 Å². The molecule has 152 valence electrons. The fraction of sp³-hybridized carbons (Fsp3) is 0.143. The van der Waals surface area contributed by atoms with E-state index in [9.17, 15) is 14.4 Å². The summed E-state index contributed by atoms with van der Waals surface area (Å²) in [5, 5.41) is 2.80. The van der Waals surface area contributed by atoms with Crippen molar-refractivity contribution >= 4 is 38.6 Å². The second-order valence-electron chi connectivity index (χ2n) is 6.91. The van der Waals surface area contributed by atoms with Crippen molar-refractivity contribution in [2.45, 2.75) is 19.9 Å². The molecule has 2 heterocycles. The number of rotatable bonds is 5. The Balaban J connectivity index is 1.41. The summed E-state index contributed by atoms with van der Waals surface area (Å²) < 4.78 is 1.51. The fourth-order valence-electron chi connectivity index (χ4n) is 3.07. The summed E-state index contributed by atoms with van der Waals surface area (Å²) in [6.07, 6.45) is 1.46. The van der Waals surface area contributed by atoms with Gasteiger partial charge in [0.05, 0.1) is 15.5 Å². The number of amides is 1. The van der Waals surface area contributed by atoms with E-state index < -0.39 is 11.2 Å². The molecule has 9 heteroatoms. The van der Waals surface area contributed by atoms with Crippen LogP contribution < -0.4 is 16.6 Å². The molecule has 0 unspecified atom stereocenters. The van der Waals surface area contributed by atoms with Crippen LogP contribution >= 0.6 is 15.9 Å². The summed E-state index contributed by atoms with van der Waals surface area (Å²) in [6.45, 7) is 2.18. The molecule has 3 N–H and O–H groups in total. The van der Waals surface area contributed by atoms with E-state index in [2.05, 4.69) is 36.2 Å². The summed E-state index contributed by atoms with van der Waals surface area (Å²) in [6, 6.07) is 13.4. The van der Waals surface area contributed by atoms with Gasteiger partial charge in [0.15, 0.2) is 0 Å². The Kier molecular flexibility index (Phi) is 5.37. The first-order valence-corrected chi connectivity index (χ1v) is 10.0. The zero-order chi connectivity index (χ0) is 21.3. The lowest BCUT2D eigenvalue weighted by Crippen LogP contribution is -2.30. The molecule has 1 amide bonds. The number of fused-ring (bicyclic) bond motifs is 1. The lowest BCUT2D eigenvalue weighted by atomic mass is 10.2. The minimum Gasteiger partial charge on any atom is -0.338 e. The van der Waals surface area contributed by atoms with Crippen molar-refractivity contribution in [2.24, 2.45) is 0 Å². The molecular formula is C21H18BrN5O3. The van der Waals surface area contributed by atoms with Gasteiger partial charge in [0.1, 0.15) is 5.82 Å². The van der Waals surface area contributed by atoms with Crippen molar-refractivity contribution in [1.29, 1.82) is 0 Å². The summed E-state index contributed by atoms with van der Waals surface area (Å²) >= 11 is 3.07. The summed E-state index contributed by atoms with van der Waals surface area (Å²) in [5.74, 6) is 0.521. The standard InChI is InChI=1S/C21H18BrN5O3/c1-12-2-7-16-17(10-12)25-19(24-16)13-3-5-14(6-4-13)23-18(28)8-9-27-11-15(22)20(29)26-21(27)30/h2-7,10-11H,8-9H2,1H3,(H,23,28)(H,24,25)(H,26,29,30). The highest BCUT2D eigenvalue weighted by Gasteiger charge is 2.08. The first-order valence-electron chi connectivity index (χ1n) is 9.25. The second kappa shape index (κ2) is 8.11. The van der Waals surface area contributed by atoms with Crippen LogP contribution in [-0.4, -0.2) is 25.4 Å². The molecule has 0 saturated carbocycles. The van der Waals surface area contributed by atoms with Gasteiger partial charge in [0.25, 0.3) is 5.56 Å². The van der Waals surface area contributed by atoms with E-state index >= 15 is 0 Å². The predicted molar refractivity (Wildman–Crippen MR) is 119 cm³/mol. The maximum atomic E-state index is 12.2. The first kappa shape index (κ1) is 19.8. The van der Waals surface area contributed by atoms with Crippen LogP contribution in [0.4, 0.5) is 5.69 Å². The Morgan fingerprint density at radius 1 is 1.13 bits per heavy atom. The van der Waals surface area contributed by atoms with Crippen molar-refractivity contribution in [1.82, 2.24) is 19.5 Å². The number of hydrogen-bond donors (Lipinski definition) is 3. The number of imidazole rings is 1. The van der Waals surface area contributed by atoms with Crippen molar-refractivity contribution < 1.29 is 4.79 Å². The monoisotopic (exact) mass is 467 g/mol. The first-order chi connectivity index (χ1) is 14.4. The van der Waals surface area contributed by atoms with Crippen LogP contribution in [0.2, 0.25) is 0 Å². The van der Waals surface area contributed by atoms with Crippen LogP contribution in [-0.2, 0) is 11.3 Å². The predicted octanol–water partition coefficient (Wildman–Crippen LogP) is 3.18. The van der Waals surface area contributed by atoms with Gasteiger partial charge in [-0.1, -0.05) is 6.07 Å². The molecule has 0 aliphatic rings. The minimum absolute atomic E-state index is 0.0864. The molecule has 0 spiro atoms. The highest BCUT2D eigenvalue weighted by atomic mass is 79.9. The quantitative estimate of drug-likeness (QED) is 0.418. The number of carbonyl (C=O) groups excluding carboxylic acids is 1. The second-order valence-corrected chi connectivity index (χ2v) is 7.77. The number of halogens is 1. The lowest BCUT2D eigenvalue weighted by Gasteiger charge is -2.07. The Morgan fingerprint density at radius 2 is 1.90 bits per heavy atom. The average Bonchev–Trinajstić information content (AvgIpc) is 3.13. The number of H-pyrrole nitrogens is 2. The molecule has 8 nitrogen and oxygen atoms in total. The zero-order valence-corrected chi connectivity index (χ0v) is 17.6.